The first kappa shape index (κ1) is 18.4. The molecule has 146 valence electrons. The number of aromatic nitrogens is 3. The van der Waals surface area contributed by atoms with Gasteiger partial charge in [0.05, 0.1) is 11.8 Å². The normalized spacial score (nSPS) is 15.9. The van der Waals surface area contributed by atoms with Gasteiger partial charge < -0.3 is 4.90 Å². The summed E-state index contributed by atoms with van der Waals surface area (Å²) < 4.78 is 40.1. The van der Waals surface area contributed by atoms with Gasteiger partial charge in [-0.15, -0.1) is 0 Å². The van der Waals surface area contributed by atoms with Gasteiger partial charge >= 0.3 is 6.18 Å². The second-order valence-corrected chi connectivity index (χ2v) is 6.71. The van der Waals surface area contributed by atoms with Crippen molar-refractivity contribution >= 4 is 11.6 Å². The Labute approximate surface area is 159 Å². The van der Waals surface area contributed by atoms with E-state index in [4.69, 9.17) is 0 Å². The zero-order valence-corrected chi connectivity index (χ0v) is 14.9. The highest BCUT2D eigenvalue weighted by atomic mass is 19.4. The Balaban J connectivity index is 1.39. The maximum Gasteiger partial charge on any atom is 0.416 e. The molecule has 0 spiro atoms. The molecule has 0 aliphatic carbocycles. The largest absolute Gasteiger partial charge is 0.416 e. The topological polar surface area (TPSA) is 53.7 Å². The lowest BCUT2D eigenvalue weighted by Gasteiger charge is -2.34. The molecule has 9 heteroatoms. The molecule has 1 amide bonds. The van der Waals surface area contributed by atoms with Crippen LogP contribution in [0.15, 0.2) is 48.9 Å². The lowest BCUT2D eigenvalue weighted by molar-refractivity contribution is -0.137. The number of fused-ring (bicyclic) bond motifs is 1. The molecule has 6 nitrogen and oxygen atoms in total. The van der Waals surface area contributed by atoms with Crippen LogP contribution in [0.1, 0.15) is 21.5 Å². The van der Waals surface area contributed by atoms with E-state index in [2.05, 4.69) is 10.1 Å². The molecular weight excluding hydrogens is 371 g/mol. The lowest BCUT2D eigenvalue weighted by atomic mass is 10.1. The smallest absolute Gasteiger partial charge is 0.336 e. The Hall–Kier alpha value is -2.94. The Bertz CT molecular complexity index is 992. The Kier molecular flexibility index (Phi) is 4.76. The van der Waals surface area contributed by atoms with E-state index in [1.165, 1.54) is 18.3 Å². The summed E-state index contributed by atoms with van der Waals surface area (Å²) in [4.78, 5) is 20.8. The zero-order chi connectivity index (χ0) is 19.7. The van der Waals surface area contributed by atoms with E-state index in [-0.39, 0.29) is 5.91 Å². The number of halogens is 3. The van der Waals surface area contributed by atoms with Gasteiger partial charge in [-0.1, -0.05) is 18.2 Å². The van der Waals surface area contributed by atoms with Gasteiger partial charge in [-0.25, -0.2) is 9.50 Å². The van der Waals surface area contributed by atoms with Gasteiger partial charge in [0.1, 0.15) is 5.56 Å². The van der Waals surface area contributed by atoms with Gasteiger partial charge in [-0.05, 0) is 17.7 Å². The highest BCUT2D eigenvalue weighted by molar-refractivity contribution is 5.99. The van der Waals surface area contributed by atoms with Gasteiger partial charge in [0.15, 0.2) is 5.65 Å². The van der Waals surface area contributed by atoms with Crippen LogP contribution in [0.3, 0.4) is 0 Å². The summed E-state index contributed by atoms with van der Waals surface area (Å²) in [6.45, 7) is 2.61. The minimum atomic E-state index is -4.34. The van der Waals surface area contributed by atoms with Crippen LogP contribution in [0.5, 0.6) is 0 Å². The number of carbonyl (C=O) groups is 1. The van der Waals surface area contributed by atoms with E-state index in [0.29, 0.717) is 49.5 Å². The van der Waals surface area contributed by atoms with Crippen molar-refractivity contribution in [2.45, 2.75) is 12.7 Å². The number of rotatable bonds is 3. The summed E-state index contributed by atoms with van der Waals surface area (Å²) in [6, 6.07) is 7.11. The predicted molar refractivity (Wildman–Crippen MR) is 95.6 cm³/mol. The van der Waals surface area contributed by atoms with Crippen LogP contribution in [-0.4, -0.2) is 56.5 Å². The summed E-state index contributed by atoms with van der Waals surface area (Å²) in [5, 5.41) is 4.14. The fourth-order valence-electron chi connectivity index (χ4n) is 3.36. The van der Waals surface area contributed by atoms with E-state index in [1.807, 2.05) is 4.90 Å². The Morgan fingerprint density at radius 1 is 1.11 bits per heavy atom. The third kappa shape index (κ3) is 3.70. The Morgan fingerprint density at radius 2 is 1.89 bits per heavy atom. The number of hydrogen-bond donors (Lipinski definition) is 0. The number of hydrogen-bond acceptors (Lipinski definition) is 4. The van der Waals surface area contributed by atoms with E-state index in [1.54, 1.807) is 33.9 Å². The number of piperazine rings is 1. The van der Waals surface area contributed by atoms with Gasteiger partial charge in [-0.2, -0.15) is 18.3 Å². The van der Waals surface area contributed by atoms with Crippen LogP contribution >= 0.6 is 0 Å². The third-order valence-corrected chi connectivity index (χ3v) is 4.83. The second-order valence-electron chi connectivity index (χ2n) is 6.71. The van der Waals surface area contributed by atoms with Crippen molar-refractivity contribution in [3.05, 3.63) is 65.6 Å². The first-order valence-electron chi connectivity index (χ1n) is 8.88. The highest BCUT2D eigenvalue weighted by Crippen LogP contribution is 2.29. The molecule has 0 N–H and O–H groups in total. The van der Waals surface area contributed by atoms with Crippen molar-refractivity contribution in [1.29, 1.82) is 0 Å². The van der Waals surface area contributed by atoms with Crippen molar-refractivity contribution in [3.63, 3.8) is 0 Å². The molecule has 1 aromatic carbocycles. The standard InChI is InChI=1S/C19H18F3N5O/c20-19(21,22)15-4-1-3-14(11-15)13-25-7-9-26(10-8-25)18(28)16-12-24-27-6-2-5-23-17(16)27/h1-6,11-12H,7-10,13H2. The second kappa shape index (κ2) is 7.23. The van der Waals surface area contributed by atoms with Gasteiger partial charge in [0, 0.05) is 45.1 Å². The number of benzene rings is 1. The monoisotopic (exact) mass is 389 g/mol. The van der Waals surface area contributed by atoms with Crippen molar-refractivity contribution in [1.82, 2.24) is 24.4 Å². The zero-order valence-electron chi connectivity index (χ0n) is 14.9. The molecule has 1 aliphatic heterocycles. The average Bonchev–Trinajstić information content (AvgIpc) is 3.12. The first-order chi connectivity index (χ1) is 13.4. The molecular formula is C19H18F3N5O. The molecule has 1 aliphatic rings. The minimum Gasteiger partial charge on any atom is -0.336 e. The van der Waals surface area contributed by atoms with E-state index in [9.17, 15) is 18.0 Å². The molecule has 0 unspecified atom stereocenters. The van der Waals surface area contributed by atoms with Crippen LogP contribution in [-0.2, 0) is 12.7 Å². The van der Waals surface area contributed by atoms with Crippen LogP contribution in [0, 0.1) is 0 Å². The van der Waals surface area contributed by atoms with Gasteiger partial charge in [-0.3, -0.25) is 9.69 Å². The van der Waals surface area contributed by atoms with Crippen LogP contribution in [0.2, 0.25) is 0 Å². The number of nitrogens with zero attached hydrogens (tertiary/aromatic N) is 5. The van der Waals surface area contributed by atoms with Crippen molar-refractivity contribution in [3.8, 4) is 0 Å². The molecule has 3 heterocycles. The molecule has 0 bridgehead atoms. The predicted octanol–water partition coefficient (Wildman–Crippen LogP) is 2.71. The van der Waals surface area contributed by atoms with Crippen LogP contribution in [0.25, 0.3) is 5.65 Å². The molecule has 0 atom stereocenters. The molecule has 1 saturated heterocycles. The van der Waals surface area contributed by atoms with Crippen LogP contribution < -0.4 is 0 Å². The van der Waals surface area contributed by atoms with Gasteiger partial charge in [0.2, 0.25) is 0 Å². The number of carbonyl (C=O) groups excluding carboxylic acids is 1. The summed E-state index contributed by atoms with van der Waals surface area (Å²) in [5.74, 6) is -0.132. The summed E-state index contributed by atoms with van der Waals surface area (Å²) in [5.41, 5.74) is 0.937. The SMILES string of the molecule is O=C(c1cnn2cccnc12)N1CCN(Cc2cccc(C(F)(F)F)c2)CC1. The van der Waals surface area contributed by atoms with E-state index < -0.39 is 11.7 Å². The first-order valence-corrected chi connectivity index (χ1v) is 8.88. The van der Waals surface area contributed by atoms with Crippen molar-refractivity contribution in [2.75, 3.05) is 26.2 Å². The third-order valence-electron chi connectivity index (χ3n) is 4.83. The quantitative estimate of drug-likeness (QED) is 0.691. The summed E-state index contributed by atoms with van der Waals surface area (Å²) in [6.07, 6.45) is 0.510. The van der Waals surface area contributed by atoms with E-state index in [0.717, 1.165) is 6.07 Å². The van der Waals surface area contributed by atoms with Crippen LogP contribution in [0.4, 0.5) is 13.2 Å². The average molecular weight is 389 g/mol. The number of alkyl halides is 3. The molecule has 0 saturated carbocycles. The molecule has 4 rings (SSSR count). The molecule has 0 radical (unpaired) electrons. The number of amides is 1. The van der Waals surface area contributed by atoms with Crippen molar-refractivity contribution < 1.29 is 18.0 Å². The Morgan fingerprint density at radius 3 is 2.64 bits per heavy atom. The molecule has 2 aromatic heterocycles. The van der Waals surface area contributed by atoms with Crippen molar-refractivity contribution in [2.24, 2.45) is 0 Å². The molecule has 28 heavy (non-hydrogen) atoms. The van der Waals surface area contributed by atoms with Gasteiger partial charge in [0.25, 0.3) is 5.91 Å². The minimum absolute atomic E-state index is 0.132. The fraction of sp³-hybridized carbons (Fsp3) is 0.316. The fourth-order valence-corrected chi connectivity index (χ4v) is 3.36. The summed E-state index contributed by atoms with van der Waals surface area (Å²) >= 11 is 0. The lowest BCUT2D eigenvalue weighted by Crippen LogP contribution is -2.48. The maximum atomic E-state index is 12.9. The molecule has 1 fully saturated rings. The summed E-state index contributed by atoms with van der Waals surface area (Å²) in [7, 11) is 0. The maximum absolute atomic E-state index is 12.9. The van der Waals surface area contributed by atoms with E-state index >= 15 is 0 Å². The molecule has 3 aromatic rings. The highest BCUT2D eigenvalue weighted by Gasteiger charge is 2.30.